The van der Waals surface area contributed by atoms with Crippen LogP contribution >= 0.6 is 0 Å². The lowest BCUT2D eigenvalue weighted by atomic mass is 9.96. The molecule has 28 heavy (non-hydrogen) atoms. The molecule has 0 aliphatic carbocycles. The molecular weight excluding hydrogens is 360 g/mol. The van der Waals surface area contributed by atoms with Crippen LogP contribution in [-0.4, -0.2) is 41.0 Å². The number of rotatable bonds is 5. The summed E-state index contributed by atoms with van der Waals surface area (Å²) < 4.78 is 0. The molecule has 2 heterocycles. The number of hydrogen-bond donors (Lipinski definition) is 3. The number of aromatic carboxylic acids is 1. The SMILES string of the molecule is Cc1ccccc1C(=O)Nc1cnc(N2CCC(C(N)=O)CC2)c(C(=O)O)c1. The van der Waals surface area contributed by atoms with Crippen molar-refractivity contribution < 1.29 is 19.5 Å². The van der Waals surface area contributed by atoms with Crippen molar-refractivity contribution in [3.05, 3.63) is 53.2 Å². The second-order valence-electron chi connectivity index (χ2n) is 6.83. The lowest BCUT2D eigenvalue weighted by Gasteiger charge is -2.32. The summed E-state index contributed by atoms with van der Waals surface area (Å²) in [5, 5.41) is 12.3. The van der Waals surface area contributed by atoms with Gasteiger partial charge in [-0.3, -0.25) is 9.59 Å². The first-order valence-corrected chi connectivity index (χ1v) is 9.01. The van der Waals surface area contributed by atoms with Gasteiger partial charge in [0.1, 0.15) is 11.4 Å². The van der Waals surface area contributed by atoms with Crippen LogP contribution in [0.3, 0.4) is 0 Å². The fourth-order valence-electron chi connectivity index (χ4n) is 3.34. The van der Waals surface area contributed by atoms with E-state index in [0.717, 1.165) is 5.56 Å². The monoisotopic (exact) mass is 382 g/mol. The number of piperidine rings is 1. The molecule has 0 bridgehead atoms. The van der Waals surface area contributed by atoms with Crippen molar-refractivity contribution in [2.24, 2.45) is 11.7 Å². The molecule has 1 aromatic carbocycles. The Bertz CT molecular complexity index is 920. The van der Waals surface area contributed by atoms with Crippen LogP contribution in [0.1, 0.15) is 39.1 Å². The fourth-order valence-corrected chi connectivity index (χ4v) is 3.34. The van der Waals surface area contributed by atoms with Gasteiger partial charge in [-0.1, -0.05) is 18.2 Å². The third-order valence-electron chi connectivity index (χ3n) is 4.94. The molecule has 1 aliphatic heterocycles. The Hall–Kier alpha value is -3.42. The van der Waals surface area contributed by atoms with Crippen molar-refractivity contribution >= 4 is 29.3 Å². The van der Waals surface area contributed by atoms with Gasteiger partial charge in [0.15, 0.2) is 0 Å². The molecule has 2 aromatic rings. The number of aryl methyl sites for hydroxylation is 1. The highest BCUT2D eigenvalue weighted by atomic mass is 16.4. The summed E-state index contributed by atoms with van der Waals surface area (Å²) in [6.45, 7) is 2.82. The molecule has 0 atom stereocenters. The summed E-state index contributed by atoms with van der Waals surface area (Å²) in [5.41, 5.74) is 6.98. The molecule has 0 saturated carbocycles. The van der Waals surface area contributed by atoms with Crippen molar-refractivity contribution in [3.63, 3.8) is 0 Å². The molecular formula is C20H22N4O4. The van der Waals surface area contributed by atoms with Gasteiger partial charge in [-0.05, 0) is 37.5 Å². The zero-order valence-corrected chi connectivity index (χ0v) is 15.5. The molecule has 4 N–H and O–H groups in total. The standard InChI is InChI=1S/C20H22N4O4/c1-12-4-2-3-5-15(12)19(26)23-14-10-16(20(27)28)18(22-11-14)24-8-6-13(7-9-24)17(21)25/h2-5,10-11,13H,6-9H2,1H3,(H2,21,25)(H,23,26)(H,27,28). The number of amides is 2. The summed E-state index contributed by atoms with van der Waals surface area (Å²) in [7, 11) is 0. The van der Waals surface area contributed by atoms with Gasteiger partial charge in [0.2, 0.25) is 5.91 Å². The van der Waals surface area contributed by atoms with Gasteiger partial charge >= 0.3 is 5.97 Å². The number of nitrogens with two attached hydrogens (primary N) is 1. The molecule has 0 unspecified atom stereocenters. The van der Waals surface area contributed by atoms with Crippen LogP contribution in [-0.2, 0) is 4.79 Å². The van der Waals surface area contributed by atoms with Gasteiger partial charge in [-0.15, -0.1) is 0 Å². The first-order valence-electron chi connectivity index (χ1n) is 9.01. The number of benzene rings is 1. The summed E-state index contributed by atoms with van der Waals surface area (Å²) in [6, 6.07) is 8.54. The quantitative estimate of drug-likeness (QED) is 0.727. The summed E-state index contributed by atoms with van der Waals surface area (Å²) in [4.78, 5) is 41.6. The Labute approximate surface area is 162 Å². The smallest absolute Gasteiger partial charge is 0.339 e. The molecule has 1 saturated heterocycles. The number of carbonyl (C=O) groups excluding carboxylic acids is 2. The van der Waals surface area contributed by atoms with Crippen molar-refractivity contribution in [1.29, 1.82) is 0 Å². The third kappa shape index (κ3) is 4.11. The number of carboxylic acids is 1. The van der Waals surface area contributed by atoms with E-state index in [1.54, 1.807) is 12.1 Å². The van der Waals surface area contributed by atoms with E-state index in [2.05, 4.69) is 10.3 Å². The van der Waals surface area contributed by atoms with Crippen molar-refractivity contribution in [3.8, 4) is 0 Å². The van der Waals surface area contributed by atoms with Gasteiger partial charge in [0.25, 0.3) is 5.91 Å². The predicted molar refractivity (Wildman–Crippen MR) is 104 cm³/mol. The van der Waals surface area contributed by atoms with E-state index in [1.165, 1.54) is 12.3 Å². The number of carboxylic acid groups (broad SMARTS) is 1. The van der Waals surface area contributed by atoms with E-state index in [1.807, 2.05) is 24.0 Å². The van der Waals surface area contributed by atoms with E-state index < -0.39 is 5.97 Å². The number of pyridine rings is 1. The van der Waals surface area contributed by atoms with Gasteiger partial charge in [0, 0.05) is 24.6 Å². The maximum Gasteiger partial charge on any atom is 0.339 e. The van der Waals surface area contributed by atoms with Crippen LogP contribution in [0.2, 0.25) is 0 Å². The summed E-state index contributed by atoms with van der Waals surface area (Å²) in [5.74, 6) is -1.67. The Kier molecular flexibility index (Phi) is 5.58. The molecule has 2 amide bonds. The van der Waals surface area contributed by atoms with E-state index in [9.17, 15) is 19.5 Å². The maximum absolute atomic E-state index is 12.5. The second-order valence-corrected chi connectivity index (χ2v) is 6.83. The van der Waals surface area contributed by atoms with Crippen LogP contribution in [0.25, 0.3) is 0 Å². The van der Waals surface area contributed by atoms with Gasteiger partial charge < -0.3 is 21.1 Å². The first-order chi connectivity index (χ1) is 13.4. The minimum absolute atomic E-state index is 0.000101. The Morgan fingerprint density at radius 2 is 1.86 bits per heavy atom. The third-order valence-corrected chi connectivity index (χ3v) is 4.94. The van der Waals surface area contributed by atoms with Crippen LogP contribution in [0.4, 0.5) is 11.5 Å². The predicted octanol–water partition coefficient (Wildman–Crippen LogP) is 2.04. The fraction of sp³-hybridized carbons (Fsp3) is 0.300. The van der Waals surface area contributed by atoms with Gasteiger partial charge in [-0.2, -0.15) is 0 Å². The lowest BCUT2D eigenvalue weighted by Crippen LogP contribution is -2.39. The van der Waals surface area contributed by atoms with Gasteiger partial charge in [0.05, 0.1) is 11.9 Å². The molecule has 146 valence electrons. The molecule has 1 aromatic heterocycles. The Morgan fingerprint density at radius 3 is 2.46 bits per heavy atom. The minimum Gasteiger partial charge on any atom is -0.478 e. The topological polar surface area (TPSA) is 126 Å². The number of primary amides is 1. The molecule has 0 radical (unpaired) electrons. The number of nitrogens with zero attached hydrogens (tertiary/aromatic N) is 2. The molecule has 8 heteroatoms. The zero-order valence-electron chi connectivity index (χ0n) is 15.5. The summed E-state index contributed by atoms with van der Waals surface area (Å²) >= 11 is 0. The van der Waals surface area contributed by atoms with Crippen LogP contribution < -0.4 is 16.0 Å². The maximum atomic E-state index is 12.5. The van der Waals surface area contributed by atoms with Crippen LogP contribution in [0, 0.1) is 12.8 Å². The van der Waals surface area contributed by atoms with Gasteiger partial charge in [-0.25, -0.2) is 9.78 Å². The number of hydrogen-bond acceptors (Lipinski definition) is 5. The van der Waals surface area contributed by atoms with Crippen molar-refractivity contribution in [1.82, 2.24) is 4.98 Å². The number of anilines is 2. The first kappa shape index (κ1) is 19.3. The highest BCUT2D eigenvalue weighted by Gasteiger charge is 2.27. The Balaban J connectivity index is 1.80. The van der Waals surface area contributed by atoms with Crippen molar-refractivity contribution in [2.45, 2.75) is 19.8 Å². The normalized spacial score (nSPS) is 14.5. The number of carbonyl (C=O) groups is 3. The number of nitrogens with one attached hydrogen (secondary N) is 1. The zero-order chi connectivity index (χ0) is 20.3. The van der Waals surface area contributed by atoms with E-state index in [-0.39, 0.29) is 23.3 Å². The lowest BCUT2D eigenvalue weighted by molar-refractivity contribution is -0.122. The average molecular weight is 382 g/mol. The highest BCUT2D eigenvalue weighted by molar-refractivity contribution is 6.06. The van der Waals surface area contributed by atoms with E-state index >= 15 is 0 Å². The van der Waals surface area contributed by atoms with Crippen molar-refractivity contribution in [2.75, 3.05) is 23.3 Å². The van der Waals surface area contributed by atoms with Crippen LogP contribution in [0.5, 0.6) is 0 Å². The second kappa shape index (κ2) is 8.08. The largest absolute Gasteiger partial charge is 0.478 e. The number of aromatic nitrogens is 1. The molecule has 1 aliphatic rings. The summed E-state index contributed by atoms with van der Waals surface area (Å²) in [6.07, 6.45) is 2.56. The van der Waals surface area contributed by atoms with Crippen LogP contribution in [0.15, 0.2) is 36.5 Å². The molecule has 8 nitrogen and oxygen atoms in total. The Morgan fingerprint density at radius 1 is 1.18 bits per heavy atom. The van der Waals surface area contributed by atoms with E-state index in [4.69, 9.17) is 5.73 Å². The minimum atomic E-state index is -1.13. The highest BCUT2D eigenvalue weighted by Crippen LogP contribution is 2.26. The van der Waals surface area contributed by atoms with E-state index in [0.29, 0.717) is 43.0 Å². The average Bonchev–Trinajstić information content (AvgIpc) is 2.68. The molecule has 1 fully saturated rings. The molecule has 3 rings (SSSR count). The molecule has 0 spiro atoms.